The first-order chi connectivity index (χ1) is 9.47. The average Bonchev–Trinajstić information content (AvgIpc) is 2.40. The molecule has 2 N–H and O–H groups in total. The second kappa shape index (κ2) is 6.29. The summed E-state index contributed by atoms with van der Waals surface area (Å²) in [5, 5.41) is 0.665. The topological polar surface area (TPSA) is 35.2 Å². The number of nitrogens with two attached hydrogens (primary N) is 1. The van der Waals surface area contributed by atoms with E-state index in [1.165, 1.54) is 16.7 Å². The lowest BCUT2D eigenvalue weighted by Gasteiger charge is -2.17. The molecule has 0 radical (unpaired) electrons. The Bertz CT molecular complexity index is 610. The third kappa shape index (κ3) is 3.53. The maximum atomic E-state index is 6.24. The van der Waals surface area contributed by atoms with E-state index in [2.05, 4.69) is 32.9 Å². The molecule has 2 aromatic rings. The van der Waals surface area contributed by atoms with Gasteiger partial charge in [0, 0.05) is 5.02 Å². The van der Waals surface area contributed by atoms with Crippen molar-refractivity contribution in [1.82, 2.24) is 0 Å². The lowest BCUT2D eigenvalue weighted by atomic mass is 9.96. The van der Waals surface area contributed by atoms with Gasteiger partial charge in [0.1, 0.15) is 12.4 Å². The van der Waals surface area contributed by atoms with Crippen molar-refractivity contribution in [3.63, 3.8) is 0 Å². The zero-order valence-electron chi connectivity index (χ0n) is 12.1. The monoisotopic (exact) mass is 289 g/mol. The van der Waals surface area contributed by atoms with E-state index in [1.807, 2.05) is 18.2 Å². The molecule has 2 aromatic carbocycles. The maximum Gasteiger partial charge on any atom is 0.120 e. The Hall–Kier alpha value is -1.51. The highest BCUT2D eigenvalue weighted by molar-refractivity contribution is 6.30. The van der Waals surface area contributed by atoms with Gasteiger partial charge in [-0.2, -0.15) is 0 Å². The molecule has 1 unspecified atom stereocenters. The van der Waals surface area contributed by atoms with Gasteiger partial charge in [0.05, 0.1) is 6.04 Å². The van der Waals surface area contributed by atoms with Crippen LogP contribution in [-0.2, 0) is 0 Å². The fraction of sp³-hybridized carbons (Fsp3) is 0.294. The van der Waals surface area contributed by atoms with Gasteiger partial charge in [-0.1, -0.05) is 29.8 Å². The van der Waals surface area contributed by atoms with Crippen LogP contribution in [0, 0.1) is 20.8 Å². The Labute approximate surface area is 125 Å². The first kappa shape index (κ1) is 14.9. The Kier molecular flexibility index (Phi) is 4.69. The van der Waals surface area contributed by atoms with Gasteiger partial charge in [-0.15, -0.1) is 0 Å². The average molecular weight is 290 g/mol. The summed E-state index contributed by atoms with van der Waals surface area (Å²) < 4.78 is 5.72. The summed E-state index contributed by atoms with van der Waals surface area (Å²) in [6.07, 6.45) is 0. The van der Waals surface area contributed by atoms with Crippen molar-refractivity contribution in [2.24, 2.45) is 5.73 Å². The van der Waals surface area contributed by atoms with Crippen molar-refractivity contribution in [1.29, 1.82) is 0 Å². The minimum absolute atomic E-state index is 0.145. The van der Waals surface area contributed by atoms with Crippen LogP contribution in [0.25, 0.3) is 0 Å². The molecule has 2 rings (SSSR count). The summed E-state index contributed by atoms with van der Waals surface area (Å²) in [7, 11) is 0. The van der Waals surface area contributed by atoms with E-state index in [0.29, 0.717) is 11.6 Å². The predicted molar refractivity (Wildman–Crippen MR) is 84.5 cm³/mol. The zero-order chi connectivity index (χ0) is 14.7. The third-order valence-corrected chi connectivity index (χ3v) is 3.74. The smallest absolute Gasteiger partial charge is 0.120 e. The highest BCUT2D eigenvalue weighted by Gasteiger charge is 2.11. The van der Waals surface area contributed by atoms with Gasteiger partial charge in [-0.05, 0) is 61.2 Å². The van der Waals surface area contributed by atoms with E-state index in [9.17, 15) is 0 Å². The van der Waals surface area contributed by atoms with Gasteiger partial charge in [0.25, 0.3) is 0 Å². The van der Waals surface area contributed by atoms with Crippen molar-refractivity contribution in [2.45, 2.75) is 26.8 Å². The maximum absolute atomic E-state index is 6.24. The number of halogens is 1. The quantitative estimate of drug-likeness (QED) is 0.908. The number of benzene rings is 2. The fourth-order valence-corrected chi connectivity index (χ4v) is 2.40. The van der Waals surface area contributed by atoms with Crippen molar-refractivity contribution < 1.29 is 4.74 Å². The number of rotatable bonds is 4. The van der Waals surface area contributed by atoms with E-state index >= 15 is 0 Å². The molecule has 20 heavy (non-hydrogen) atoms. The van der Waals surface area contributed by atoms with Crippen LogP contribution >= 0.6 is 11.6 Å². The molecule has 0 saturated heterocycles. The van der Waals surface area contributed by atoms with Crippen LogP contribution in [0.3, 0.4) is 0 Å². The van der Waals surface area contributed by atoms with E-state index in [-0.39, 0.29) is 6.04 Å². The molecule has 0 saturated carbocycles. The Balaban J connectivity index is 2.09. The summed E-state index contributed by atoms with van der Waals surface area (Å²) >= 11 is 5.93. The third-order valence-electron chi connectivity index (χ3n) is 3.51. The van der Waals surface area contributed by atoms with Crippen LogP contribution in [-0.4, -0.2) is 6.61 Å². The molecule has 0 heterocycles. The number of ether oxygens (including phenoxy) is 1. The molecular weight excluding hydrogens is 270 g/mol. The zero-order valence-corrected chi connectivity index (χ0v) is 12.9. The van der Waals surface area contributed by atoms with E-state index in [4.69, 9.17) is 22.1 Å². The van der Waals surface area contributed by atoms with E-state index in [1.54, 1.807) is 6.07 Å². The molecule has 0 aliphatic rings. The highest BCUT2D eigenvalue weighted by Crippen LogP contribution is 2.22. The predicted octanol–water partition coefficient (Wildman–Crippen LogP) is 4.34. The molecular formula is C17H20ClNO. The Morgan fingerprint density at radius 1 is 1.05 bits per heavy atom. The Morgan fingerprint density at radius 3 is 2.45 bits per heavy atom. The van der Waals surface area contributed by atoms with Gasteiger partial charge in [-0.3, -0.25) is 0 Å². The lowest BCUT2D eigenvalue weighted by Crippen LogP contribution is -2.20. The minimum Gasteiger partial charge on any atom is -0.492 e. The van der Waals surface area contributed by atoms with Gasteiger partial charge < -0.3 is 10.5 Å². The van der Waals surface area contributed by atoms with Crippen molar-refractivity contribution in [3.8, 4) is 5.75 Å². The SMILES string of the molecule is Cc1cc(C)c(C(N)COc2cccc(Cl)c2)cc1C. The van der Waals surface area contributed by atoms with Crippen LogP contribution in [0.2, 0.25) is 5.02 Å². The molecule has 0 amide bonds. The summed E-state index contributed by atoms with van der Waals surface area (Å²) in [5.41, 5.74) is 11.1. The molecule has 0 aliphatic heterocycles. The normalized spacial score (nSPS) is 12.2. The van der Waals surface area contributed by atoms with Gasteiger partial charge in [-0.25, -0.2) is 0 Å². The summed E-state index contributed by atoms with van der Waals surface area (Å²) in [4.78, 5) is 0. The van der Waals surface area contributed by atoms with Crippen LogP contribution < -0.4 is 10.5 Å². The molecule has 0 spiro atoms. The molecule has 0 fully saturated rings. The molecule has 0 aliphatic carbocycles. The molecule has 0 aromatic heterocycles. The van der Waals surface area contributed by atoms with Crippen molar-refractivity contribution in [3.05, 3.63) is 63.7 Å². The largest absolute Gasteiger partial charge is 0.492 e. The van der Waals surface area contributed by atoms with Crippen LogP contribution in [0.4, 0.5) is 0 Å². The molecule has 3 heteroatoms. The molecule has 2 nitrogen and oxygen atoms in total. The van der Waals surface area contributed by atoms with Gasteiger partial charge >= 0.3 is 0 Å². The van der Waals surface area contributed by atoms with Crippen molar-refractivity contribution >= 4 is 11.6 Å². The fourth-order valence-electron chi connectivity index (χ4n) is 2.21. The summed E-state index contributed by atoms with van der Waals surface area (Å²) in [6, 6.07) is 11.5. The van der Waals surface area contributed by atoms with Gasteiger partial charge in [0.15, 0.2) is 0 Å². The van der Waals surface area contributed by atoms with Crippen LogP contribution in [0.5, 0.6) is 5.75 Å². The van der Waals surface area contributed by atoms with E-state index in [0.717, 1.165) is 11.3 Å². The van der Waals surface area contributed by atoms with Crippen LogP contribution in [0.1, 0.15) is 28.3 Å². The molecule has 1 atom stereocenters. The standard InChI is InChI=1S/C17H20ClNO/c1-11-7-13(3)16(8-12(11)2)17(19)10-20-15-6-4-5-14(18)9-15/h4-9,17H,10,19H2,1-3H3. The van der Waals surface area contributed by atoms with Crippen molar-refractivity contribution in [2.75, 3.05) is 6.61 Å². The number of hydrogen-bond donors (Lipinski definition) is 1. The second-order valence-electron chi connectivity index (χ2n) is 5.17. The Morgan fingerprint density at radius 2 is 1.75 bits per heavy atom. The first-order valence-corrected chi connectivity index (χ1v) is 7.07. The van der Waals surface area contributed by atoms with Gasteiger partial charge in [0.2, 0.25) is 0 Å². The number of aryl methyl sites for hydroxylation is 3. The molecule has 106 valence electrons. The summed E-state index contributed by atoms with van der Waals surface area (Å²) in [6.45, 7) is 6.73. The summed E-state index contributed by atoms with van der Waals surface area (Å²) in [5.74, 6) is 0.745. The lowest BCUT2D eigenvalue weighted by molar-refractivity contribution is 0.290. The molecule has 0 bridgehead atoms. The number of hydrogen-bond acceptors (Lipinski definition) is 2. The minimum atomic E-state index is -0.145. The van der Waals surface area contributed by atoms with E-state index < -0.39 is 0 Å². The highest BCUT2D eigenvalue weighted by atomic mass is 35.5. The second-order valence-corrected chi connectivity index (χ2v) is 5.60. The van der Waals surface area contributed by atoms with Crippen LogP contribution in [0.15, 0.2) is 36.4 Å². The first-order valence-electron chi connectivity index (χ1n) is 6.69.